The quantitative estimate of drug-likeness (QED) is 0.0303. The molecular formula is C62H82O19. The van der Waals surface area contributed by atoms with Gasteiger partial charge >= 0.3 is 23.9 Å². The van der Waals surface area contributed by atoms with Gasteiger partial charge < -0.3 is 63.8 Å². The van der Waals surface area contributed by atoms with Crippen LogP contribution in [0.1, 0.15) is 172 Å². The summed E-state index contributed by atoms with van der Waals surface area (Å²) in [6.07, 6.45) is 12.5. The number of hydrogen-bond donors (Lipinski definition) is 4. The molecule has 0 aromatic heterocycles. The molecule has 19 heteroatoms. The molecule has 4 aromatic rings. The summed E-state index contributed by atoms with van der Waals surface area (Å²) in [7, 11) is 0. The van der Waals surface area contributed by atoms with E-state index in [0.29, 0.717) is 150 Å². The van der Waals surface area contributed by atoms with Crippen molar-refractivity contribution in [3.05, 3.63) is 94.0 Å². The molecule has 0 aliphatic carbocycles. The van der Waals surface area contributed by atoms with E-state index in [-0.39, 0.29) is 42.7 Å². The van der Waals surface area contributed by atoms with E-state index < -0.39 is 23.9 Å². The lowest BCUT2D eigenvalue weighted by molar-refractivity contribution is -0.138. The number of ketones is 2. The summed E-state index contributed by atoms with van der Waals surface area (Å²) in [6, 6.07) is 18.1. The van der Waals surface area contributed by atoms with Crippen LogP contribution < -0.4 is 37.9 Å². The molecule has 0 spiro atoms. The van der Waals surface area contributed by atoms with Gasteiger partial charge in [-0.25, -0.2) is 0 Å². The van der Waals surface area contributed by atoms with E-state index in [4.69, 9.17) is 58.3 Å². The van der Waals surface area contributed by atoms with Crippen LogP contribution >= 0.6 is 0 Å². The highest BCUT2D eigenvalue weighted by molar-refractivity contribution is 6.01. The molecule has 0 fully saturated rings. The largest absolute Gasteiger partial charge is 0.494 e. The van der Waals surface area contributed by atoms with Crippen molar-refractivity contribution in [1.82, 2.24) is 0 Å². The van der Waals surface area contributed by atoms with Crippen LogP contribution in [0.2, 0.25) is 0 Å². The number of rotatable bonds is 38. The Morgan fingerprint density at radius 1 is 0.420 bits per heavy atom. The lowest BCUT2D eigenvalue weighted by Crippen LogP contribution is -2.17. The van der Waals surface area contributed by atoms with Crippen molar-refractivity contribution in [3.8, 4) is 46.0 Å². The summed E-state index contributed by atoms with van der Waals surface area (Å²) in [5.74, 6) is 2.23. The normalized spacial score (nSPS) is 12.2. The van der Waals surface area contributed by atoms with Crippen LogP contribution in [0.3, 0.4) is 0 Å². The van der Waals surface area contributed by atoms with Crippen molar-refractivity contribution in [1.29, 1.82) is 0 Å². The Labute approximate surface area is 474 Å². The average molecular weight is 1130 g/mol. The molecule has 6 rings (SSSR count). The van der Waals surface area contributed by atoms with Crippen molar-refractivity contribution >= 4 is 35.4 Å². The van der Waals surface area contributed by atoms with Gasteiger partial charge in [0.05, 0.1) is 64.0 Å². The molecule has 6 N–H and O–H groups in total. The summed E-state index contributed by atoms with van der Waals surface area (Å²) < 4.78 is 47.2. The highest BCUT2D eigenvalue weighted by Crippen LogP contribution is 2.38. The molecule has 0 saturated heterocycles. The lowest BCUT2D eigenvalue weighted by Gasteiger charge is -2.22. The van der Waals surface area contributed by atoms with Gasteiger partial charge in [-0.05, 0) is 162 Å². The number of Topliss-reactive ketones (excluding diaryl/α,β-unsaturated/α-hetero) is 2. The van der Waals surface area contributed by atoms with Gasteiger partial charge in [-0.2, -0.15) is 0 Å². The SMILES string of the molecule is CCCc1c(OCCCCCOc2ccc(OCCCCC(=O)O)cc2CCC(=O)O)ccc2c1OCCC2=O.CCCc1c(OCCCCCOc2ccc(OCCCCC(=O)O)cc2CCC(=O)O)ccc2c1OCCC2=O.O. The summed E-state index contributed by atoms with van der Waals surface area (Å²) >= 11 is 0. The second-order valence-electron chi connectivity index (χ2n) is 19.6. The zero-order valence-corrected chi connectivity index (χ0v) is 47.0. The van der Waals surface area contributed by atoms with Crippen LogP contribution in [0, 0.1) is 0 Å². The van der Waals surface area contributed by atoms with Crippen LogP contribution in [0.15, 0.2) is 60.7 Å². The molecule has 19 nitrogen and oxygen atoms in total. The molecule has 0 radical (unpaired) electrons. The Hall–Kier alpha value is -7.54. The van der Waals surface area contributed by atoms with Crippen LogP contribution in [-0.4, -0.2) is 114 Å². The van der Waals surface area contributed by atoms with Crippen LogP contribution in [0.4, 0.5) is 0 Å². The smallest absolute Gasteiger partial charge is 0.303 e. The molecule has 4 aromatic carbocycles. The van der Waals surface area contributed by atoms with Crippen LogP contribution in [0.25, 0.3) is 0 Å². The molecule has 0 saturated carbocycles. The number of fused-ring (bicyclic) bond motifs is 2. The minimum absolute atomic E-state index is 0. The topological polar surface area (TPSA) is 289 Å². The van der Waals surface area contributed by atoms with E-state index >= 15 is 0 Å². The number of carboxylic acids is 4. The fraction of sp³-hybridized carbons (Fsp3) is 0.516. The highest BCUT2D eigenvalue weighted by Gasteiger charge is 2.25. The van der Waals surface area contributed by atoms with Crippen molar-refractivity contribution in [2.24, 2.45) is 0 Å². The number of carbonyl (C=O) groups is 6. The Morgan fingerprint density at radius 2 is 0.753 bits per heavy atom. The van der Waals surface area contributed by atoms with Crippen molar-refractivity contribution in [3.63, 3.8) is 0 Å². The van der Waals surface area contributed by atoms with E-state index in [2.05, 4.69) is 13.8 Å². The number of carboxylic acid groups (broad SMARTS) is 4. The minimum Gasteiger partial charge on any atom is -0.494 e. The summed E-state index contributed by atoms with van der Waals surface area (Å²) in [4.78, 5) is 67.9. The number of aryl methyl sites for hydroxylation is 2. The molecule has 2 heterocycles. The summed E-state index contributed by atoms with van der Waals surface area (Å²) in [5.41, 5.74) is 4.78. The molecule has 2 aliphatic rings. The Morgan fingerprint density at radius 3 is 1.11 bits per heavy atom. The first kappa shape index (κ1) is 66.0. The minimum atomic E-state index is -0.884. The van der Waals surface area contributed by atoms with E-state index in [1.807, 2.05) is 12.1 Å². The van der Waals surface area contributed by atoms with Crippen LogP contribution in [-0.2, 0) is 44.9 Å². The first-order valence-corrected chi connectivity index (χ1v) is 28.3. The maximum absolute atomic E-state index is 12.2. The first-order chi connectivity index (χ1) is 38.8. The van der Waals surface area contributed by atoms with E-state index in [9.17, 15) is 28.8 Å². The second-order valence-corrected chi connectivity index (χ2v) is 19.6. The van der Waals surface area contributed by atoms with Gasteiger partial charge in [0.25, 0.3) is 0 Å². The second kappa shape index (κ2) is 36.7. The zero-order valence-electron chi connectivity index (χ0n) is 47.0. The molecule has 0 atom stereocenters. The number of hydrogen-bond acceptors (Lipinski definition) is 14. The number of carbonyl (C=O) groups excluding carboxylic acids is 2. The fourth-order valence-corrected chi connectivity index (χ4v) is 9.07. The third-order valence-electron chi connectivity index (χ3n) is 13.2. The number of aliphatic carboxylic acids is 4. The van der Waals surface area contributed by atoms with Crippen LogP contribution in [0.5, 0.6) is 46.0 Å². The molecular weight excluding hydrogens is 1050 g/mol. The Kier molecular flexibility index (Phi) is 29.9. The first-order valence-electron chi connectivity index (χ1n) is 28.3. The zero-order chi connectivity index (χ0) is 57.5. The van der Waals surface area contributed by atoms with Gasteiger partial charge in [0.2, 0.25) is 0 Å². The predicted octanol–water partition coefficient (Wildman–Crippen LogP) is 10.9. The lowest BCUT2D eigenvalue weighted by atomic mass is 9.98. The summed E-state index contributed by atoms with van der Waals surface area (Å²) in [5, 5.41) is 35.7. The van der Waals surface area contributed by atoms with E-state index in [0.717, 1.165) is 98.0 Å². The number of unbranched alkanes of at least 4 members (excludes halogenated alkanes) is 6. The fourth-order valence-electron chi connectivity index (χ4n) is 9.07. The van der Waals surface area contributed by atoms with Gasteiger partial charge in [-0.3, -0.25) is 28.8 Å². The summed E-state index contributed by atoms with van der Waals surface area (Å²) in [6.45, 7) is 7.87. The van der Waals surface area contributed by atoms with Crippen molar-refractivity contribution in [2.45, 2.75) is 155 Å². The van der Waals surface area contributed by atoms with E-state index in [1.54, 1.807) is 48.5 Å². The molecule has 2 aliphatic heterocycles. The molecule has 0 amide bonds. The van der Waals surface area contributed by atoms with Gasteiger partial charge in [0.15, 0.2) is 11.6 Å². The van der Waals surface area contributed by atoms with Gasteiger partial charge in [-0.15, -0.1) is 0 Å². The Bertz CT molecular complexity index is 2460. The number of benzene rings is 4. The third kappa shape index (κ3) is 23.2. The predicted molar refractivity (Wildman–Crippen MR) is 302 cm³/mol. The monoisotopic (exact) mass is 1130 g/mol. The van der Waals surface area contributed by atoms with Crippen molar-refractivity contribution < 1.29 is 92.6 Å². The molecule has 0 bridgehead atoms. The Balaban J connectivity index is 0.000000344. The standard InChI is InChI=1S/2C31H40O9.H2O/c2*1-2-8-25-28(14-12-24-26(32)16-20-40-31(24)25)39-19-6-3-5-18-38-27-13-11-23(21-22(27)10-15-30(35)36)37-17-7-4-9-29(33)34;/h2*11-14,21H,2-10,15-20H2,1H3,(H,33,34)(H,35,36);1H2. The highest BCUT2D eigenvalue weighted by atomic mass is 16.5. The van der Waals surface area contributed by atoms with Gasteiger partial charge in [-0.1, -0.05) is 26.7 Å². The maximum atomic E-state index is 12.2. The average Bonchev–Trinajstić information content (AvgIpc) is 3.46. The number of ether oxygens (including phenoxy) is 8. The molecule has 444 valence electrons. The molecule has 81 heavy (non-hydrogen) atoms. The van der Waals surface area contributed by atoms with E-state index in [1.165, 1.54) is 0 Å². The van der Waals surface area contributed by atoms with Gasteiger partial charge in [0.1, 0.15) is 46.0 Å². The molecule has 0 unspecified atom stereocenters. The van der Waals surface area contributed by atoms with Crippen molar-refractivity contribution in [2.75, 3.05) is 52.9 Å². The third-order valence-corrected chi connectivity index (χ3v) is 13.2. The van der Waals surface area contributed by atoms with Gasteiger partial charge in [0, 0.05) is 49.7 Å². The maximum Gasteiger partial charge on any atom is 0.303 e.